The average molecular weight is 281 g/mol. The van der Waals surface area contributed by atoms with Gasteiger partial charge in [-0.1, -0.05) is 11.6 Å². The smallest absolute Gasteiger partial charge is 0.250 e. The van der Waals surface area contributed by atoms with Crippen LogP contribution >= 0.6 is 11.6 Å². The summed E-state index contributed by atoms with van der Waals surface area (Å²) in [6, 6.07) is 8.50. The maximum Gasteiger partial charge on any atom is 0.250 e. The second-order valence-corrected chi connectivity index (χ2v) is 4.23. The molecule has 2 aromatic rings. The van der Waals surface area contributed by atoms with E-state index in [2.05, 4.69) is 0 Å². The number of amides is 1. The van der Waals surface area contributed by atoms with E-state index in [0.29, 0.717) is 10.8 Å². The first-order chi connectivity index (χ1) is 8.97. The van der Waals surface area contributed by atoms with Gasteiger partial charge in [-0.3, -0.25) is 4.79 Å². The lowest BCUT2D eigenvalue weighted by Crippen LogP contribution is -2.14. The van der Waals surface area contributed by atoms with Crippen LogP contribution in [0.25, 0.3) is 0 Å². The molecule has 4 N–H and O–H groups in total. The summed E-state index contributed by atoms with van der Waals surface area (Å²) in [6.45, 7) is 0. The Kier molecular flexibility index (Phi) is 3.57. The van der Waals surface area contributed by atoms with E-state index in [0.717, 1.165) is 6.07 Å². The van der Waals surface area contributed by atoms with Gasteiger partial charge in [0.1, 0.15) is 5.75 Å². The van der Waals surface area contributed by atoms with Crippen LogP contribution in [-0.2, 0) is 0 Å². The maximum absolute atomic E-state index is 13.7. The number of rotatable bonds is 3. The molecule has 0 aliphatic heterocycles. The Morgan fingerprint density at radius 2 is 1.84 bits per heavy atom. The molecule has 0 heterocycles. The van der Waals surface area contributed by atoms with E-state index in [1.165, 1.54) is 6.07 Å². The summed E-state index contributed by atoms with van der Waals surface area (Å²) in [5.41, 5.74) is 10.6. The standard InChI is InChI=1S/C13H10ClFN2O2/c14-7-1-3-8(4-2-7)19-12-5-9(13(17)18)11(16)6-10(12)15/h1-6H,16H2,(H2,17,18). The number of nitrogen functional groups attached to an aromatic ring is 1. The molecule has 0 radical (unpaired) electrons. The van der Waals surface area contributed by atoms with Crippen molar-refractivity contribution < 1.29 is 13.9 Å². The second-order valence-electron chi connectivity index (χ2n) is 3.79. The molecule has 0 bridgehead atoms. The molecule has 19 heavy (non-hydrogen) atoms. The molecule has 2 aromatic carbocycles. The van der Waals surface area contributed by atoms with Gasteiger partial charge in [0.15, 0.2) is 11.6 Å². The monoisotopic (exact) mass is 280 g/mol. The topological polar surface area (TPSA) is 78.3 Å². The first-order valence-electron chi connectivity index (χ1n) is 5.29. The molecule has 0 atom stereocenters. The van der Waals surface area contributed by atoms with Gasteiger partial charge in [-0.15, -0.1) is 0 Å². The van der Waals surface area contributed by atoms with E-state index in [4.69, 9.17) is 27.8 Å². The van der Waals surface area contributed by atoms with Crippen molar-refractivity contribution in [3.05, 3.63) is 52.8 Å². The van der Waals surface area contributed by atoms with E-state index >= 15 is 0 Å². The predicted molar refractivity (Wildman–Crippen MR) is 70.9 cm³/mol. The molecule has 0 unspecified atom stereocenters. The van der Waals surface area contributed by atoms with Crippen molar-refractivity contribution in [3.63, 3.8) is 0 Å². The van der Waals surface area contributed by atoms with Crippen LogP contribution in [0.3, 0.4) is 0 Å². The third-order valence-corrected chi connectivity index (χ3v) is 2.66. The van der Waals surface area contributed by atoms with Gasteiger partial charge < -0.3 is 16.2 Å². The molecule has 98 valence electrons. The van der Waals surface area contributed by atoms with Crippen LogP contribution in [0.1, 0.15) is 10.4 Å². The third-order valence-electron chi connectivity index (χ3n) is 2.41. The Bertz CT molecular complexity index is 629. The SMILES string of the molecule is NC(=O)c1cc(Oc2ccc(Cl)cc2)c(F)cc1N. The number of ether oxygens (including phenoxy) is 1. The van der Waals surface area contributed by atoms with Crippen LogP contribution in [0, 0.1) is 5.82 Å². The minimum atomic E-state index is -0.751. The molecule has 0 fully saturated rings. The van der Waals surface area contributed by atoms with Crippen molar-refractivity contribution in [1.82, 2.24) is 0 Å². The van der Waals surface area contributed by atoms with Crippen LogP contribution in [0.5, 0.6) is 11.5 Å². The Balaban J connectivity index is 2.37. The van der Waals surface area contributed by atoms with Crippen LogP contribution in [0.15, 0.2) is 36.4 Å². The number of carbonyl (C=O) groups is 1. The first kappa shape index (κ1) is 13.2. The van der Waals surface area contributed by atoms with Gasteiger partial charge in [-0.25, -0.2) is 4.39 Å². The summed E-state index contributed by atoms with van der Waals surface area (Å²) >= 11 is 5.73. The lowest BCUT2D eigenvalue weighted by molar-refractivity contribution is 0.100. The lowest BCUT2D eigenvalue weighted by atomic mass is 10.1. The number of halogens is 2. The predicted octanol–water partition coefficient (Wildman–Crippen LogP) is 2.95. The molecule has 0 saturated carbocycles. The number of hydrogen-bond donors (Lipinski definition) is 2. The molecule has 0 spiro atoms. The Labute approximate surface area is 113 Å². The number of primary amides is 1. The molecule has 2 rings (SSSR count). The van der Waals surface area contributed by atoms with E-state index in [1.807, 2.05) is 0 Å². The van der Waals surface area contributed by atoms with Gasteiger partial charge in [-0.2, -0.15) is 0 Å². The number of carbonyl (C=O) groups excluding carboxylic acids is 1. The average Bonchev–Trinajstić information content (AvgIpc) is 2.34. The Morgan fingerprint density at radius 1 is 1.21 bits per heavy atom. The number of nitrogens with two attached hydrogens (primary N) is 2. The fourth-order valence-corrected chi connectivity index (χ4v) is 1.62. The number of benzene rings is 2. The number of hydrogen-bond acceptors (Lipinski definition) is 3. The zero-order valence-electron chi connectivity index (χ0n) is 9.69. The molecular formula is C13H10ClFN2O2. The highest BCUT2D eigenvalue weighted by Crippen LogP contribution is 2.29. The van der Waals surface area contributed by atoms with Crippen LogP contribution in [0.4, 0.5) is 10.1 Å². The summed E-state index contributed by atoms with van der Waals surface area (Å²) in [5.74, 6) is -1.19. The van der Waals surface area contributed by atoms with Crippen LogP contribution in [-0.4, -0.2) is 5.91 Å². The van der Waals surface area contributed by atoms with E-state index in [-0.39, 0.29) is 17.0 Å². The highest BCUT2D eigenvalue weighted by Gasteiger charge is 2.13. The van der Waals surface area contributed by atoms with Crippen molar-refractivity contribution in [3.8, 4) is 11.5 Å². The normalized spacial score (nSPS) is 10.2. The van der Waals surface area contributed by atoms with Gasteiger partial charge in [0.25, 0.3) is 5.91 Å². The van der Waals surface area contributed by atoms with Crippen molar-refractivity contribution in [2.75, 3.05) is 5.73 Å². The molecule has 0 aliphatic rings. The molecule has 1 amide bonds. The molecule has 0 saturated heterocycles. The minimum absolute atomic E-state index is 0.00497. The van der Waals surface area contributed by atoms with Crippen molar-refractivity contribution in [1.29, 1.82) is 0 Å². The molecule has 4 nitrogen and oxygen atoms in total. The molecule has 0 aromatic heterocycles. The minimum Gasteiger partial charge on any atom is -0.454 e. The van der Waals surface area contributed by atoms with E-state index in [1.54, 1.807) is 24.3 Å². The van der Waals surface area contributed by atoms with Crippen LogP contribution in [0.2, 0.25) is 5.02 Å². The maximum atomic E-state index is 13.7. The first-order valence-corrected chi connectivity index (χ1v) is 5.67. The summed E-state index contributed by atoms with van der Waals surface area (Å²) < 4.78 is 19.0. The summed E-state index contributed by atoms with van der Waals surface area (Å²) in [7, 11) is 0. The second kappa shape index (κ2) is 5.16. The highest BCUT2D eigenvalue weighted by molar-refractivity contribution is 6.30. The van der Waals surface area contributed by atoms with Crippen molar-refractivity contribution in [2.24, 2.45) is 5.73 Å². The third kappa shape index (κ3) is 2.95. The Hall–Kier alpha value is -2.27. The fourth-order valence-electron chi connectivity index (χ4n) is 1.49. The van der Waals surface area contributed by atoms with Crippen molar-refractivity contribution in [2.45, 2.75) is 0 Å². The molecular weight excluding hydrogens is 271 g/mol. The summed E-state index contributed by atoms with van der Waals surface area (Å²) in [4.78, 5) is 11.1. The zero-order valence-corrected chi connectivity index (χ0v) is 10.4. The van der Waals surface area contributed by atoms with E-state index in [9.17, 15) is 9.18 Å². The molecule has 0 aliphatic carbocycles. The van der Waals surface area contributed by atoms with Gasteiger partial charge in [-0.05, 0) is 30.3 Å². The summed E-state index contributed by atoms with van der Waals surface area (Å²) in [5, 5.41) is 0.531. The van der Waals surface area contributed by atoms with Crippen LogP contribution < -0.4 is 16.2 Å². The molecule has 6 heteroatoms. The van der Waals surface area contributed by atoms with Gasteiger partial charge in [0, 0.05) is 16.8 Å². The highest BCUT2D eigenvalue weighted by atomic mass is 35.5. The zero-order chi connectivity index (χ0) is 14.0. The number of anilines is 1. The van der Waals surface area contributed by atoms with Gasteiger partial charge >= 0.3 is 0 Å². The fraction of sp³-hybridized carbons (Fsp3) is 0. The van der Waals surface area contributed by atoms with Crippen molar-refractivity contribution >= 4 is 23.2 Å². The lowest BCUT2D eigenvalue weighted by Gasteiger charge is -2.09. The van der Waals surface area contributed by atoms with Gasteiger partial charge in [0.2, 0.25) is 0 Å². The van der Waals surface area contributed by atoms with Gasteiger partial charge in [0.05, 0.1) is 5.56 Å². The largest absolute Gasteiger partial charge is 0.454 e. The Morgan fingerprint density at radius 3 is 2.42 bits per heavy atom. The van der Waals surface area contributed by atoms with E-state index < -0.39 is 11.7 Å². The quantitative estimate of drug-likeness (QED) is 0.849. The summed E-state index contributed by atoms with van der Waals surface area (Å²) in [6.07, 6.45) is 0.